The highest BCUT2D eigenvalue weighted by atomic mass is 16.7. The number of hydrogen-bond acceptors (Lipinski definition) is 6. The molecule has 8 heteroatoms. The molecule has 0 aliphatic heterocycles. The van der Waals surface area contributed by atoms with E-state index in [2.05, 4.69) is 5.10 Å². The van der Waals surface area contributed by atoms with Crippen molar-refractivity contribution in [3.05, 3.63) is 58.4 Å². The van der Waals surface area contributed by atoms with Crippen molar-refractivity contribution in [1.29, 1.82) is 0 Å². The number of rotatable bonds is 8. The van der Waals surface area contributed by atoms with Crippen LogP contribution in [0, 0.1) is 10.1 Å². The topological polar surface area (TPSA) is 93.7 Å². The molecule has 1 N–H and O–H groups in total. The molecule has 0 spiro atoms. The third-order valence-electron chi connectivity index (χ3n) is 3.10. The molecule has 1 aromatic heterocycles. The molecular weight excluding hydrogens is 288 g/mol. The SMILES string of the molecule is CON(Cc1ccccc1)CC(O)Cn1cc([N+](=O)[O-])cn1. The Morgan fingerprint density at radius 1 is 1.45 bits per heavy atom. The Morgan fingerprint density at radius 2 is 2.18 bits per heavy atom. The van der Waals surface area contributed by atoms with Crippen molar-refractivity contribution in [2.24, 2.45) is 0 Å². The largest absolute Gasteiger partial charge is 0.390 e. The lowest BCUT2D eigenvalue weighted by Gasteiger charge is -2.22. The maximum atomic E-state index is 10.6. The summed E-state index contributed by atoms with van der Waals surface area (Å²) in [6, 6.07) is 9.73. The quantitative estimate of drug-likeness (QED) is 0.582. The molecule has 118 valence electrons. The molecule has 8 nitrogen and oxygen atoms in total. The molecule has 0 aliphatic carbocycles. The lowest BCUT2D eigenvalue weighted by molar-refractivity contribution is -0.385. The predicted molar refractivity (Wildman–Crippen MR) is 78.7 cm³/mol. The molecule has 0 radical (unpaired) electrons. The van der Waals surface area contributed by atoms with Gasteiger partial charge in [0.15, 0.2) is 0 Å². The van der Waals surface area contributed by atoms with Gasteiger partial charge < -0.3 is 9.94 Å². The number of nitrogens with zero attached hydrogens (tertiary/aromatic N) is 4. The van der Waals surface area contributed by atoms with E-state index in [1.165, 1.54) is 18.0 Å². The molecule has 1 aromatic carbocycles. The third-order valence-corrected chi connectivity index (χ3v) is 3.10. The zero-order chi connectivity index (χ0) is 15.9. The minimum atomic E-state index is -0.761. The molecule has 2 rings (SSSR count). The highest BCUT2D eigenvalue weighted by Gasteiger charge is 2.15. The molecule has 0 saturated carbocycles. The van der Waals surface area contributed by atoms with Gasteiger partial charge in [0.05, 0.1) is 31.2 Å². The molecule has 0 fully saturated rings. The second-order valence-electron chi connectivity index (χ2n) is 4.82. The molecule has 0 amide bonds. The van der Waals surface area contributed by atoms with Gasteiger partial charge in [-0.3, -0.25) is 14.8 Å². The van der Waals surface area contributed by atoms with E-state index in [9.17, 15) is 15.2 Å². The van der Waals surface area contributed by atoms with Crippen molar-refractivity contribution in [2.75, 3.05) is 13.7 Å². The standard InChI is InChI=1S/C14H18N4O4/c1-22-17(8-12-5-3-2-4-6-12)11-14(19)10-16-9-13(7-15-16)18(20)21/h2-7,9,14,19H,8,10-11H2,1H3. The van der Waals surface area contributed by atoms with Crippen LogP contribution in [-0.2, 0) is 17.9 Å². The summed E-state index contributed by atoms with van der Waals surface area (Å²) in [6.07, 6.45) is 1.69. The van der Waals surface area contributed by atoms with E-state index >= 15 is 0 Å². The monoisotopic (exact) mass is 306 g/mol. The van der Waals surface area contributed by atoms with Gasteiger partial charge in [-0.1, -0.05) is 30.3 Å². The van der Waals surface area contributed by atoms with Gasteiger partial charge in [0.1, 0.15) is 12.4 Å². The predicted octanol–water partition coefficient (Wildman–Crippen LogP) is 1.22. The first-order valence-corrected chi connectivity index (χ1v) is 6.76. The number of benzene rings is 1. The Hall–Kier alpha value is -2.29. The van der Waals surface area contributed by atoms with Gasteiger partial charge in [-0.15, -0.1) is 0 Å². The smallest absolute Gasteiger partial charge is 0.306 e. The first kappa shape index (κ1) is 16.1. The van der Waals surface area contributed by atoms with E-state index < -0.39 is 11.0 Å². The lowest BCUT2D eigenvalue weighted by atomic mass is 10.2. The van der Waals surface area contributed by atoms with Crippen molar-refractivity contribution < 1.29 is 14.9 Å². The number of aromatic nitrogens is 2. The van der Waals surface area contributed by atoms with Crippen molar-refractivity contribution >= 4 is 5.69 Å². The Bertz CT molecular complexity index is 602. The minimum absolute atomic E-state index is 0.0971. The molecule has 22 heavy (non-hydrogen) atoms. The lowest BCUT2D eigenvalue weighted by Crippen LogP contribution is -2.33. The molecule has 0 saturated heterocycles. The summed E-state index contributed by atoms with van der Waals surface area (Å²) < 4.78 is 1.35. The highest BCUT2D eigenvalue weighted by molar-refractivity contribution is 5.20. The second-order valence-corrected chi connectivity index (χ2v) is 4.82. The summed E-state index contributed by atoms with van der Waals surface area (Å²) in [5.74, 6) is 0. The van der Waals surface area contributed by atoms with Crippen molar-refractivity contribution in [2.45, 2.75) is 19.2 Å². The van der Waals surface area contributed by atoms with E-state index in [0.717, 1.165) is 11.8 Å². The Kier molecular flexibility index (Phi) is 5.59. The average molecular weight is 306 g/mol. The average Bonchev–Trinajstić information content (AvgIpc) is 2.96. The Balaban J connectivity index is 1.88. The molecule has 2 aromatic rings. The van der Waals surface area contributed by atoms with Crippen molar-refractivity contribution in [3.63, 3.8) is 0 Å². The van der Waals surface area contributed by atoms with Gasteiger partial charge in [0, 0.05) is 6.54 Å². The first-order valence-electron chi connectivity index (χ1n) is 6.76. The highest BCUT2D eigenvalue weighted by Crippen LogP contribution is 2.09. The van der Waals surface area contributed by atoms with Gasteiger partial charge in [0.2, 0.25) is 0 Å². The van der Waals surface area contributed by atoms with Gasteiger partial charge in [0.25, 0.3) is 0 Å². The molecule has 1 unspecified atom stereocenters. The summed E-state index contributed by atoms with van der Waals surface area (Å²) in [6.45, 7) is 0.954. The van der Waals surface area contributed by atoms with E-state index in [-0.39, 0.29) is 18.8 Å². The number of hydroxylamine groups is 2. The number of aliphatic hydroxyl groups is 1. The zero-order valence-electron chi connectivity index (χ0n) is 12.2. The van der Waals surface area contributed by atoms with Crippen LogP contribution in [0.15, 0.2) is 42.7 Å². The zero-order valence-corrected chi connectivity index (χ0v) is 12.2. The fourth-order valence-corrected chi connectivity index (χ4v) is 2.05. The summed E-state index contributed by atoms with van der Waals surface area (Å²) in [5.41, 5.74) is 0.964. The van der Waals surface area contributed by atoms with Gasteiger partial charge >= 0.3 is 5.69 Å². The van der Waals surface area contributed by atoms with Crippen LogP contribution in [0.4, 0.5) is 5.69 Å². The van der Waals surface area contributed by atoms with Crippen LogP contribution >= 0.6 is 0 Å². The normalized spacial score (nSPS) is 12.5. The van der Waals surface area contributed by atoms with E-state index in [0.29, 0.717) is 6.54 Å². The first-order chi connectivity index (χ1) is 10.6. The summed E-state index contributed by atoms with van der Waals surface area (Å²) in [4.78, 5) is 15.3. The summed E-state index contributed by atoms with van der Waals surface area (Å²) in [5, 5.41) is 26.1. The number of aliphatic hydroxyl groups excluding tert-OH is 1. The molecule has 0 aliphatic rings. The number of nitro groups is 1. The third kappa shape index (κ3) is 4.62. The van der Waals surface area contributed by atoms with Crippen LogP contribution in [0.3, 0.4) is 0 Å². The van der Waals surface area contributed by atoms with Crippen LogP contribution in [0.1, 0.15) is 5.56 Å². The van der Waals surface area contributed by atoms with Crippen molar-refractivity contribution in [1.82, 2.24) is 14.8 Å². The van der Waals surface area contributed by atoms with Gasteiger partial charge in [-0.05, 0) is 5.56 Å². The molecule has 1 atom stereocenters. The van der Waals surface area contributed by atoms with Crippen LogP contribution in [0.25, 0.3) is 0 Å². The number of hydrogen-bond donors (Lipinski definition) is 1. The summed E-state index contributed by atoms with van der Waals surface area (Å²) in [7, 11) is 1.54. The van der Waals surface area contributed by atoms with E-state index in [1.807, 2.05) is 30.3 Å². The van der Waals surface area contributed by atoms with Gasteiger partial charge in [-0.25, -0.2) is 0 Å². The Morgan fingerprint density at radius 3 is 2.77 bits per heavy atom. The van der Waals surface area contributed by atoms with Crippen LogP contribution in [0.2, 0.25) is 0 Å². The van der Waals surface area contributed by atoms with Gasteiger partial charge in [-0.2, -0.15) is 10.2 Å². The minimum Gasteiger partial charge on any atom is -0.390 e. The van der Waals surface area contributed by atoms with Crippen LogP contribution in [-0.4, -0.2) is 44.6 Å². The van der Waals surface area contributed by atoms with Crippen molar-refractivity contribution in [3.8, 4) is 0 Å². The Labute approximate surface area is 127 Å². The van der Waals surface area contributed by atoms with Crippen LogP contribution < -0.4 is 0 Å². The second kappa shape index (κ2) is 7.64. The maximum absolute atomic E-state index is 10.6. The fraction of sp³-hybridized carbons (Fsp3) is 0.357. The molecule has 1 heterocycles. The molecule has 0 bridgehead atoms. The van der Waals surface area contributed by atoms with Crippen LogP contribution in [0.5, 0.6) is 0 Å². The fourth-order valence-electron chi connectivity index (χ4n) is 2.05. The maximum Gasteiger partial charge on any atom is 0.306 e. The molecular formula is C14H18N4O4. The van der Waals surface area contributed by atoms with E-state index in [4.69, 9.17) is 4.84 Å². The van der Waals surface area contributed by atoms with E-state index in [1.54, 1.807) is 5.06 Å². The summed E-state index contributed by atoms with van der Waals surface area (Å²) >= 11 is 0.